The molecule has 0 aliphatic carbocycles. The number of hydrogen-bond acceptors (Lipinski definition) is 2. The average Bonchev–Trinajstić information content (AvgIpc) is 2.65. The van der Waals surface area contributed by atoms with Gasteiger partial charge in [0.25, 0.3) is 0 Å². The van der Waals surface area contributed by atoms with E-state index < -0.39 is 0 Å². The molecule has 0 unspecified atom stereocenters. The van der Waals surface area contributed by atoms with Crippen LogP contribution in [0.4, 0.5) is 0 Å². The highest BCUT2D eigenvalue weighted by Gasteiger charge is 2.15. The molecule has 0 amide bonds. The molecule has 17 heavy (non-hydrogen) atoms. The number of aryl methyl sites for hydroxylation is 3. The third kappa shape index (κ3) is 2.14. The monoisotopic (exact) mass is 268 g/mol. The fourth-order valence-corrected chi connectivity index (χ4v) is 3.48. The molecule has 0 bridgehead atoms. The number of hydrogen-bond donors (Lipinski definition) is 0. The van der Waals surface area contributed by atoms with Gasteiger partial charge in [-0.3, -0.25) is 4.68 Å². The maximum atomic E-state index is 6.36. The molecular weight excluding hydrogens is 252 g/mol. The Kier molecular flexibility index (Phi) is 3.32. The van der Waals surface area contributed by atoms with Crippen molar-refractivity contribution in [2.24, 2.45) is 7.05 Å². The van der Waals surface area contributed by atoms with E-state index in [4.69, 9.17) is 11.6 Å². The Bertz CT molecular complexity index is 566. The number of thiophene rings is 1. The molecule has 0 saturated carbocycles. The Labute approximate surface area is 111 Å². The van der Waals surface area contributed by atoms with E-state index in [0.29, 0.717) is 0 Å². The number of nitrogens with zero attached hydrogens (tertiary/aromatic N) is 2. The summed E-state index contributed by atoms with van der Waals surface area (Å²) in [5, 5.41) is 5.37. The Morgan fingerprint density at radius 1 is 1.24 bits per heavy atom. The van der Waals surface area contributed by atoms with E-state index >= 15 is 0 Å². The van der Waals surface area contributed by atoms with Gasteiger partial charge < -0.3 is 0 Å². The second-order valence-electron chi connectivity index (χ2n) is 4.47. The van der Waals surface area contributed by atoms with E-state index in [-0.39, 0.29) is 0 Å². The number of rotatable bonds is 2. The maximum absolute atomic E-state index is 6.36. The van der Waals surface area contributed by atoms with Crippen LogP contribution < -0.4 is 0 Å². The fraction of sp³-hybridized carbons (Fsp3) is 0.462. The van der Waals surface area contributed by atoms with Crippen molar-refractivity contribution in [1.29, 1.82) is 0 Å². The van der Waals surface area contributed by atoms with Gasteiger partial charge in [0.1, 0.15) is 0 Å². The Morgan fingerprint density at radius 2 is 1.88 bits per heavy atom. The smallest absolute Gasteiger partial charge is 0.0632 e. The minimum atomic E-state index is 0.893. The first-order chi connectivity index (χ1) is 7.91. The quantitative estimate of drug-likeness (QED) is 0.806. The van der Waals surface area contributed by atoms with Gasteiger partial charge in [-0.05, 0) is 33.3 Å². The minimum absolute atomic E-state index is 0.893. The third-order valence-corrected chi connectivity index (χ3v) is 5.21. The Morgan fingerprint density at radius 3 is 2.29 bits per heavy atom. The van der Waals surface area contributed by atoms with Crippen LogP contribution in [0.25, 0.3) is 0 Å². The van der Waals surface area contributed by atoms with E-state index in [1.165, 1.54) is 26.6 Å². The first kappa shape index (κ1) is 12.7. The van der Waals surface area contributed by atoms with Gasteiger partial charge in [-0.1, -0.05) is 11.6 Å². The summed E-state index contributed by atoms with van der Waals surface area (Å²) in [4.78, 5) is 2.56. The molecule has 0 saturated heterocycles. The zero-order chi connectivity index (χ0) is 12.7. The summed E-state index contributed by atoms with van der Waals surface area (Å²) in [6.45, 7) is 8.37. The molecule has 0 spiro atoms. The Hall–Kier alpha value is -0.800. The van der Waals surface area contributed by atoms with Crippen molar-refractivity contribution in [3.05, 3.63) is 37.3 Å². The molecule has 2 heterocycles. The van der Waals surface area contributed by atoms with Crippen LogP contribution in [-0.4, -0.2) is 9.78 Å². The maximum Gasteiger partial charge on any atom is 0.0632 e. The predicted octanol–water partition coefficient (Wildman–Crippen LogP) is 3.96. The standard InChI is InChI=1S/C13H17ClN2S/c1-7-10(4)17-12(13(7)14)6-11-8(2)15-16(5)9(11)3/h6H2,1-5H3. The highest BCUT2D eigenvalue weighted by molar-refractivity contribution is 7.12. The van der Waals surface area contributed by atoms with Crippen molar-refractivity contribution in [2.45, 2.75) is 34.1 Å². The van der Waals surface area contributed by atoms with E-state index in [1.54, 1.807) is 11.3 Å². The first-order valence-electron chi connectivity index (χ1n) is 5.65. The number of aromatic nitrogens is 2. The van der Waals surface area contributed by atoms with Gasteiger partial charge >= 0.3 is 0 Å². The van der Waals surface area contributed by atoms with Gasteiger partial charge in [0.2, 0.25) is 0 Å². The molecule has 0 fully saturated rings. The molecule has 0 radical (unpaired) electrons. The fourth-order valence-electron chi connectivity index (χ4n) is 2.02. The van der Waals surface area contributed by atoms with Crippen LogP contribution >= 0.6 is 22.9 Å². The lowest BCUT2D eigenvalue weighted by Gasteiger charge is -2.01. The molecule has 2 rings (SSSR count). The van der Waals surface area contributed by atoms with Crippen LogP contribution in [0.1, 0.15) is 32.3 Å². The van der Waals surface area contributed by atoms with Crippen LogP contribution in [0.5, 0.6) is 0 Å². The van der Waals surface area contributed by atoms with E-state index in [1.807, 2.05) is 11.7 Å². The molecule has 2 nitrogen and oxygen atoms in total. The lowest BCUT2D eigenvalue weighted by Crippen LogP contribution is -1.94. The van der Waals surface area contributed by atoms with Crippen molar-refractivity contribution in [1.82, 2.24) is 9.78 Å². The van der Waals surface area contributed by atoms with Gasteiger partial charge in [-0.25, -0.2) is 0 Å². The molecule has 92 valence electrons. The molecule has 0 aromatic carbocycles. The zero-order valence-electron chi connectivity index (χ0n) is 10.9. The van der Waals surface area contributed by atoms with Crippen molar-refractivity contribution in [3.63, 3.8) is 0 Å². The summed E-state index contributed by atoms with van der Waals surface area (Å²) in [6.07, 6.45) is 0.893. The van der Waals surface area contributed by atoms with Crippen molar-refractivity contribution in [2.75, 3.05) is 0 Å². The highest BCUT2D eigenvalue weighted by atomic mass is 35.5. The van der Waals surface area contributed by atoms with E-state index in [2.05, 4.69) is 32.8 Å². The van der Waals surface area contributed by atoms with Crippen LogP contribution in [0.3, 0.4) is 0 Å². The summed E-state index contributed by atoms with van der Waals surface area (Å²) in [6, 6.07) is 0. The van der Waals surface area contributed by atoms with Gasteiger partial charge in [0, 0.05) is 34.5 Å². The van der Waals surface area contributed by atoms with Crippen molar-refractivity contribution in [3.8, 4) is 0 Å². The third-order valence-electron chi connectivity index (χ3n) is 3.37. The van der Waals surface area contributed by atoms with Gasteiger partial charge in [0.05, 0.1) is 10.7 Å². The van der Waals surface area contributed by atoms with Crippen molar-refractivity contribution >= 4 is 22.9 Å². The molecule has 0 aliphatic heterocycles. The lowest BCUT2D eigenvalue weighted by atomic mass is 10.1. The topological polar surface area (TPSA) is 17.8 Å². The summed E-state index contributed by atoms with van der Waals surface area (Å²) < 4.78 is 1.94. The van der Waals surface area contributed by atoms with Gasteiger partial charge in [0.15, 0.2) is 0 Å². The van der Waals surface area contributed by atoms with Gasteiger partial charge in [-0.15, -0.1) is 11.3 Å². The summed E-state index contributed by atoms with van der Waals surface area (Å²) >= 11 is 8.15. The van der Waals surface area contributed by atoms with E-state index in [9.17, 15) is 0 Å². The SMILES string of the molecule is Cc1nn(C)c(C)c1Cc1sc(C)c(C)c1Cl. The summed E-state index contributed by atoms with van der Waals surface area (Å²) in [7, 11) is 1.98. The minimum Gasteiger partial charge on any atom is -0.272 e. The molecular formula is C13H17ClN2S. The van der Waals surface area contributed by atoms with Crippen LogP contribution in [0, 0.1) is 27.7 Å². The molecule has 0 N–H and O–H groups in total. The molecule has 2 aromatic heterocycles. The molecule has 2 aromatic rings. The van der Waals surface area contributed by atoms with Crippen molar-refractivity contribution < 1.29 is 0 Å². The molecule has 0 aliphatic rings. The van der Waals surface area contributed by atoms with E-state index in [0.717, 1.165) is 17.1 Å². The first-order valence-corrected chi connectivity index (χ1v) is 6.84. The second-order valence-corrected chi connectivity index (χ2v) is 6.16. The zero-order valence-corrected chi connectivity index (χ0v) is 12.5. The van der Waals surface area contributed by atoms with Crippen LogP contribution in [0.15, 0.2) is 0 Å². The normalized spacial score (nSPS) is 11.2. The highest BCUT2D eigenvalue weighted by Crippen LogP contribution is 2.34. The van der Waals surface area contributed by atoms with Crippen LogP contribution in [-0.2, 0) is 13.5 Å². The lowest BCUT2D eigenvalue weighted by molar-refractivity contribution is 0.730. The van der Waals surface area contributed by atoms with Crippen LogP contribution in [0.2, 0.25) is 5.02 Å². The second kappa shape index (κ2) is 4.46. The van der Waals surface area contributed by atoms with Gasteiger partial charge in [-0.2, -0.15) is 5.10 Å². The number of halogens is 1. The molecule has 4 heteroatoms. The largest absolute Gasteiger partial charge is 0.272 e. The Balaban J connectivity index is 2.41. The average molecular weight is 269 g/mol. The predicted molar refractivity (Wildman–Crippen MR) is 74.3 cm³/mol. The summed E-state index contributed by atoms with van der Waals surface area (Å²) in [5.41, 5.74) is 4.84. The molecule has 0 atom stereocenters. The summed E-state index contributed by atoms with van der Waals surface area (Å²) in [5.74, 6) is 0.